The van der Waals surface area contributed by atoms with E-state index < -0.39 is 60.0 Å². The van der Waals surface area contributed by atoms with Gasteiger partial charge < -0.3 is 57.2 Å². The average Bonchev–Trinajstić information content (AvgIpc) is 3.99. The summed E-state index contributed by atoms with van der Waals surface area (Å²) in [6, 6.07) is 13.0. The van der Waals surface area contributed by atoms with Crippen molar-refractivity contribution < 1.29 is 43.8 Å². The van der Waals surface area contributed by atoms with E-state index in [9.17, 15) is 43.8 Å². The zero-order chi connectivity index (χ0) is 52.4. The number of likely N-dealkylation sites (N-methyl/N-ethyl adjacent to an activating group) is 2. The van der Waals surface area contributed by atoms with Gasteiger partial charge in [-0.15, -0.1) is 0 Å². The molecule has 0 unspecified atom stereocenters. The first-order valence-corrected chi connectivity index (χ1v) is 27.1. The van der Waals surface area contributed by atoms with Crippen LogP contribution in [0.2, 0.25) is 0 Å². The van der Waals surface area contributed by atoms with Crippen molar-refractivity contribution in [2.24, 2.45) is 11.8 Å². The second-order valence-corrected chi connectivity index (χ2v) is 20.8. The third-order valence-corrected chi connectivity index (χ3v) is 16.0. The molecule has 4 saturated heterocycles. The predicted molar refractivity (Wildman–Crippen MR) is 277 cm³/mol. The van der Waals surface area contributed by atoms with Crippen LogP contribution in [0.3, 0.4) is 0 Å². The molecule has 7 amide bonds. The maximum Gasteiger partial charge on any atom is 0.247 e. The lowest BCUT2D eigenvalue weighted by Gasteiger charge is -2.33. The summed E-state index contributed by atoms with van der Waals surface area (Å²) in [6.07, 6.45) is 13.1. The number of fused-ring (bicyclic) bond motifs is 2. The van der Waals surface area contributed by atoms with E-state index in [2.05, 4.69) is 37.2 Å². The highest BCUT2D eigenvalue weighted by atomic mass is 16.3. The highest BCUT2D eigenvalue weighted by Crippen LogP contribution is 2.36. The quantitative estimate of drug-likeness (QED) is 0.0620. The lowest BCUT2D eigenvalue weighted by molar-refractivity contribution is -0.144. The SMILES string of the molecule is CN[C@@H](C)C(=O)N[C@@H]1C(=O)N2[C@@H](CC[C@@H]1CO)CC[C@H]2C(=O)N[C@H](C(=O)NCCCCCCCCCC[C@@H](NC(=O)[C@@H]1CC[C@@H]2CC[C@H](CO)[C@H](NC(=O)[C@H](C)NC)C(=O)N21)c1ccccc1)c1ccccc1. The molecule has 9 N–H and O–H groups in total. The standard InChI is InChI=1S/C55H83N9O9/c1-35(56-3)49(67)61-47-39(33-65)24-26-41-28-30-44(63(41)54(47)72)51(69)59-43(37-19-13-11-14-20-37)23-17-9-7-5-6-8-10-18-32-58-53(71)46(38-21-15-12-16-22-38)60-52(70)45-31-29-42-27-25-40(34-66)48(55(73)64(42)45)62-50(68)36(2)57-4/h11-16,19-22,35-36,39-48,56-57,65-66H,5-10,17-18,23-34H2,1-4H3,(H,58,71)(H,59,69)(H,60,70)(H,61,67)(H,62,68)/t35-,36-,39+,40+,41-,42-,43+,44-,45-,46-,47-,48-/m0/s1. The number of carbonyl (C=O) groups excluding carboxylic acids is 7. The summed E-state index contributed by atoms with van der Waals surface area (Å²) in [6.45, 7) is 3.33. The molecule has 402 valence electrons. The monoisotopic (exact) mass is 1010 g/mol. The fourth-order valence-corrected chi connectivity index (χ4v) is 11.3. The number of carbonyl (C=O) groups is 7. The lowest BCUT2D eigenvalue weighted by atomic mass is 9.94. The predicted octanol–water partition coefficient (Wildman–Crippen LogP) is 3.04. The summed E-state index contributed by atoms with van der Waals surface area (Å²) in [7, 11) is 3.32. The van der Waals surface area contributed by atoms with Crippen molar-refractivity contribution in [3.05, 3.63) is 71.8 Å². The molecule has 4 aliphatic heterocycles. The molecule has 0 radical (unpaired) electrons. The van der Waals surface area contributed by atoms with Crippen molar-refractivity contribution in [2.75, 3.05) is 33.9 Å². The summed E-state index contributed by atoms with van der Waals surface area (Å²) in [4.78, 5) is 99.2. The first kappa shape index (κ1) is 56.9. The first-order chi connectivity index (χ1) is 35.3. The number of nitrogens with one attached hydrogen (secondary N) is 7. The van der Waals surface area contributed by atoms with E-state index in [1.807, 2.05) is 48.5 Å². The molecule has 0 bridgehead atoms. The zero-order valence-corrected chi connectivity index (χ0v) is 43.5. The van der Waals surface area contributed by atoms with E-state index in [1.165, 1.54) is 0 Å². The van der Waals surface area contributed by atoms with Crippen LogP contribution in [0.25, 0.3) is 0 Å². The molecule has 2 aromatic carbocycles. The molecule has 0 spiro atoms. The molecule has 0 aliphatic carbocycles. The van der Waals surface area contributed by atoms with Crippen LogP contribution < -0.4 is 37.2 Å². The van der Waals surface area contributed by atoms with Gasteiger partial charge in [0.25, 0.3) is 0 Å². The summed E-state index contributed by atoms with van der Waals surface area (Å²) in [5, 5.41) is 41.2. The number of aliphatic hydroxyl groups is 2. The molecule has 18 heteroatoms. The molecule has 4 fully saturated rings. The number of unbranched alkanes of at least 4 members (excludes halogenated alkanes) is 7. The van der Waals surface area contributed by atoms with Gasteiger partial charge in [-0.3, -0.25) is 33.6 Å². The largest absolute Gasteiger partial charge is 0.396 e. The Hall–Kier alpha value is -5.43. The van der Waals surface area contributed by atoms with Gasteiger partial charge in [0.15, 0.2) is 0 Å². The number of rotatable bonds is 26. The molecule has 12 atom stereocenters. The average molecular weight is 1010 g/mol. The molecule has 2 aromatic rings. The van der Waals surface area contributed by atoms with Crippen molar-refractivity contribution in [1.82, 2.24) is 47.0 Å². The molecule has 0 saturated carbocycles. The Morgan fingerprint density at radius 2 is 0.973 bits per heavy atom. The van der Waals surface area contributed by atoms with Crippen LogP contribution in [-0.4, -0.2) is 144 Å². The molecule has 18 nitrogen and oxygen atoms in total. The highest BCUT2D eigenvalue weighted by Gasteiger charge is 2.49. The van der Waals surface area contributed by atoms with Gasteiger partial charge in [-0.1, -0.05) is 106 Å². The first-order valence-electron chi connectivity index (χ1n) is 27.1. The zero-order valence-electron chi connectivity index (χ0n) is 43.5. The van der Waals surface area contributed by atoms with E-state index in [0.717, 1.165) is 63.4 Å². The van der Waals surface area contributed by atoms with Crippen molar-refractivity contribution in [2.45, 2.75) is 183 Å². The van der Waals surface area contributed by atoms with Gasteiger partial charge in [0.1, 0.15) is 30.2 Å². The number of hydrogen-bond acceptors (Lipinski definition) is 11. The van der Waals surface area contributed by atoms with Gasteiger partial charge in [-0.05, 0) is 103 Å². The molecule has 6 rings (SSSR count). The van der Waals surface area contributed by atoms with Crippen LogP contribution in [0, 0.1) is 11.8 Å². The van der Waals surface area contributed by atoms with Crippen LogP contribution in [0.5, 0.6) is 0 Å². The van der Waals surface area contributed by atoms with Gasteiger partial charge in [0.2, 0.25) is 41.4 Å². The lowest BCUT2D eigenvalue weighted by Crippen LogP contribution is -2.58. The van der Waals surface area contributed by atoms with Crippen molar-refractivity contribution in [3.63, 3.8) is 0 Å². The number of amides is 7. The Morgan fingerprint density at radius 1 is 0.548 bits per heavy atom. The maximum atomic E-state index is 14.1. The van der Waals surface area contributed by atoms with E-state index >= 15 is 0 Å². The maximum absolute atomic E-state index is 14.1. The minimum atomic E-state index is -0.973. The molecule has 73 heavy (non-hydrogen) atoms. The van der Waals surface area contributed by atoms with E-state index in [4.69, 9.17) is 0 Å². The van der Waals surface area contributed by atoms with Crippen LogP contribution in [0.15, 0.2) is 60.7 Å². The van der Waals surface area contributed by atoms with Gasteiger partial charge in [-0.25, -0.2) is 0 Å². The smallest absolute Gasteiger partial charge is 0.247 e. The fraction of sp³-hybridized carbons (Fsp3) is 0.655. The number of nitrogens with zero attached hydrogens (tertiary/aromatic N) is 2. The molecular weight excluding hydrogens is 931 g/mol. The normalized spacial score (nSPS) is 25.5. The molecular formula is C55H83N9O9. The number of aliphatic hydroxyl groups excluding tert-OH is 2. The second-order valence-electron chi connectivity index (χ2n) is 20.8. The Balaban J connectivity index is 0.933. The Morgan fingerprint density at radius 3 is 1.44 bits per heavy atom. The van der Waals surface area contributed by atoms with Crippen LogP contribution >= 0.6 is 0 Å². The van der Waals surface area contributed by atoms with Crippen LogP contribution in [0.1, 0.15) is 146 Å². The van der Waals surface area contributed by atoms with Crippen molar-refractivity contribution in [3.8, 4) is 0 Å². The summed E-state index contributed by atoms with van der Waals surface area (Å²) in [5.74, 6) is -3.25. The van der Waals surface area contributed by atoms with Crippen molar-refractivity contribution in [1.29, 1.82) is 0 Å². The van der Waals surface area contributed by atoms with Crippen molar-refractivity contribution >= 4 is 41.4 Å². The van der Waals surface area contributed by atoms with E-state index in [0.29, 0.717) is 63.5 Å². The van der Waals surface area contributed by atoms with Gasteiger partial charge in [-0.2, -0.15) is 0 Å². The molecule has 0 aromatic heterocycles. The summed E-state index contributed by atoms with van der Waals surface area (Å²) < 4.78 is 0. The Labute approximate surface area is 431 Å². The second kappa shape index (κ2) is 28.3. The minimum absolute atomic E-state index is 0.125. The van der Waals surface area contributed by atoms with Gasteiger partial charge >= 0.3 is 0 Å². The van der Waals surface area contributed by atoms with E-state index in [-0.39, 0.29) is 66.8 Å². The third-order valence-electron chi connectivity index (χ3n) is 16.0. The summed E-state index contributed by atoms with van der Waals surface area (Å²) in [5.41, 5.74) is 1.63. The van der Waals surface area contributed by atoms with Gasteiger partial charge in [0.05, 0.1) is 18.1 Å². The molecule has 4 aliphatic rings. The number of hydrogen-bond donors (Lipinski definition) is 9. The van der Waals surface area contributed by atoms with Crippen LogP contribution in [0.4, 0.5) is 0 Å². The summed E-state index contributed by atoms with van der Waals surface area (Å²) >= 11 is 0. The van der Waals surface area contributed by atoms with E-state index in [1.54, 1.807) is 49.9 Å². The third kappa shape index (κ3) is 14.9. The topological polar surface area (TPSA) is 251 Å². The van der Waals surface area contributed by atoms with Gasteiger partial charge in [0, 0.05) is 43.7 Å². The molecule has 4 heterocycles. The van der Waals surface area contributed by atoms with Crippen LogP contribution in [-0.2, 0) is 33.6 Å². The Bertz CT molecular complexity index is 2130. The minimum Gasteiger partial charge on any atom is -0.396 e. The Kier molecular flexibility index (Phi) is 22.0. The fourth-order valence-electron chi connectivity index (χ4n) is 11.3. The highest BCUT2D eigenvalue weighted by molar-refractivity contribution is 5.96. The number of benzene rings is 2.